The number of hydrogen-bond donors (Lipinski definition) is 2. The summed E-state index contributed by atoms with van der Waals surface area (Å²) >= 11 is 11.1. The van der Waals surface area contributed by atoms with Crippen LogP contribution in [0.1, 0.15) is 10.4 Å². The molecule has 0 unspecified atom stereocenters. The first-order valence-corrected chi connectivity index (χ1v) is 9.84. The second-order valence-corrected chi connectivity index (χ2v) is 7.28. The summed E-state index contributed by atoms with van der Waals surface area (Å²) in [6.45, 7) is 0. The molecule has 0 aliphatic heterocycles. The third-order valence-electron chi connectivity index (χ3n) is 4.36. The number of anilines is 1. The highest BCUT2D eigenvalue weighted by molar-refractivity contribution is 7.80. The molecule has 0 spiro atoms. The predicted octanol–water partition coefficient (Wildman–Crippen LogP) is 5.42. The molecule has 0 aliphatic carbocycles. The lowest BCUT2D eigenvalue weighted by molar-refractivity contribution is 0.0978. The van der Waals surface area contributed by atoms with Crippen molar-refractivity contribution in [3.05, 3.63) is 77.1 Å². The fourth-order valence-electron chi connectivity index (χ4n) is 2.89. The monoisotopic (exact) mass is 455 g/mol. The molecular weight excluding hydrogens is 441 g/mol. The molecule has 1 heterocycles. The van der Waals surface area contributed by atoms with Crippen LogP contribution < -0.4 is 15.4 Å². The first kappa shape index (κ1) is 20.8. The smallest absolute Gasteiger partial charge is 0.258 e. The molecule has 6 nitrogen and oxygen atoms in total. The molecule has 0 fully saturated rings. The molecule has 0 saturated heterocycles. The number of methoxy groups -OCH3 is 1. The van der Waals surface area contributed by atoms with E-state index in [1.54, 1.807) is 25.3 Å². The van der Waals surface area contributed by atoms with Crippen molar-refractivity contribution in [3.8, 4) is 17.2 Å². The molecule has 156 valence electrons. The third-order valence-corrected chi connectivity index (χ3v) is 4.88. The van der Waals surface area contributed by atoms with Gasteiger partial charge in [-0.05, 0) is 66.8 Å². The van der Waals surface area contributed by atoms with Crippen LogP contribution in [0.2, 0.25) is 5.02 Å². The highest BCUT2D eigenvalue weighted by atomic mass is 35.5. The second kappa shape index (κ2) is 8.71. The van der Waals surface area contributed by atoms with Crippen LogP contribution in [0.25, 0.3) is 22.6 Å². The van der Waals surface area contributed by atoms with Gasteiger partial charge in [-0.15, -0.1) is 0 Å². The van der Waals surface area contributed by atoms with E-state index >= 15 is 0 Å². The van der Waals surface area contributed by atoms with E-state index in [4.69, 9.17) is 33.0 Å². The average molecular weight is 456 g/mol. The van der Waals surface area contributed by atoms with Gasteiger partial charge in [-0.25, -0.2) is 9.37 Å². The number of amides is 1. The zero-order chi connectivity index (χ0) is 22.0. The Labute approximate surface area is 187 Å². The summed E-state index contributed by atoms with van der Waals surface area (Å²) in [4.78, 5) is 16.8. The zero-order valence-electron chi connectivity index (χ0n) is 16.1. The van der Waals surface area contributed by atoms with Crippen LogP contribution in [0, 0.1) is 5.82 Å². The number of hydrogen-bond acceptors (Lipinski definition) is 5. The quantitative estimate of drug-likeness (QED) is 0.400. The molecule has 9 heteroatoms. The highest BCUT2D eigenvalue weighted by Crippen LogP contribution is 2.28. The van der Waals surface area contributed by atoms with Crippen molar-refractivity contribution in [2.24, 2.45) is 0 Å². The first-order chi connectivity index (χ1) is 14.9. The third kappa shape index (κ3) is 4.65. The van der Waals surface area contributed by atoms with E-state index in [1.807, 2.05) is 24.3 Å². The van der Waals surface area contributed by atoms with Gasteiger partial charge in [0, 0.05) is 11.3 Å². The van der Waals surface area contributed by atoms with E-state index in [2.05, 4.69) is 15.6 Å². The molecule has 1 amide bonds. The van der Waals surface area contributed by atoms with Gasteiger partial charge in [0.25, 0.3) is 5.91 Å². The standard InChI is InChI=1S/C22H15ClFN3O3S/c1-29-15-4-2-3-12(9-15)21-26-18-11-14(6-8-19(18)30-21)25-22(31)27-20(28)16-7-5-13(24)10-17(16)23/h2-11H,1H3,(H2,25,27,28,31). The Bertz CT molecular complexity index is 1310. The summed E-state index contributed by atoms with van der Waals surface area (Å²) in [6.07, 6.45) is 0. The Morgan fingerprint density at radius 1 is 1.16 bits per heavy atom. The SMILES string of the molecule is COc1cccc(-c2nc3cc(NC(=S)NC(=O)c4ccc(F)cc4Cl)ccc3o2)c1. The lowest BCUT2D eigenvalue weighted by Crippen LogP contribution is -2.34. The van der Waals surface area contributed by atoms with E-state index < -0.39 is 11.7 Å². The number of fused-ring (bicyclic) bond motifs is 1. The maximum Gasteiger partial charge on any atom is 0.258 e. The van der Waals surface area contributed by atoms with Crippen molar-refractivity contribution in [1.82, 2.24) is 10.3 Å². The molecular formula is C22H15ClFN3O3S. The number of aromatic nitrogens is 1. The number of carbonyl (C=O) groups is 1. The largest absolute Gasteiger partial charge is 0.497 e. The van der Waals surface area contributed by atoms with Gasteiger partial charge in [0.1, 0.15) is 17.1 Å². The summed E-state index contributed by atoms with van der Waals surface area (Å²) in [6, 6.07) is 16.1. The van der Waals surface area contributed by atoms with Gasteiger partial charge in [0.15, 0.2) is 10.7 Å². The summed E-state index contributed by atoms with van der Waals surface area (Å²) in [5.74, 6) is 0.0687. The van der Waals surface area contributed by atoms with Crippen LogP contribution in [-0.4, -0.2) is 23.1 Å². The van der Waals surface area contributed by atoms with Crippen molar-refractivity contribution >= 4 is 51.6 Å². The van der Waals surface area contributed by atoms with Crippen molar-refractivity contribution in [1.29, 1.82) is 0 Å². The minimum atomic E-state index is -0.551. The molecule has 0 atom stereocenters. The topological polar surface area (TPSA) is 76.4 Å². The molecule has 1 aromatic heterocycles. The number of thiocarbonyl (C=S) groups is 1. The molecule has 0 saturated carbocycles. The van der Waals surface area contributed by atoms with Crippen LogP contribution in [-0.2, 0) is 0 Å². The van der Waals surface area contributed by atoms with Gasteiger partial charge >= 0.3 is 0 Å². The van der Waals surface area contributed by atoms with Crippen LogP contribution in [0.4, 0.5) is 10.1 Å². The summed E-state index contributed by atoms with van der Waals surface area (Å²) < 4.78 is 24.2. The molecule has 0 bridgehead atoms. The lowest BCUT2D eigenvalue weighted by atomic mass is 10.2. The van der Waals surface area contributed by atoms with E-state index in [9.17, 15) is 9.18 Å². The number of oxazole rings is 1. The second-order valence-electron chi connectivity index (χ2n) is 6.47. The van der Waals surface area contributed by atoms with Crippen LogP contribution in [0.15, 0.2) is 65.1 Å². The highest BCUT2D eigenvalue weighted by Gasteiger charge is 2.14. The molecule has 2 N–H and O–H groups in total. The van der Waals surface area contributed by atoms with Gasteiger partial charge in [0.05, 0.1) is 17.7 Å². The maximum atomic E-state index is 13.2. The normalized spacial score (nSPS) is 10.7. The van der Waals surface area contributed by atoms with Gasteiger partial charge in [-0.1, -0.05) is 17.7 Å². The average Bonchev–Trinajstić information content (AvgIpc) is 3.17. The zero-order valence-corrected chi connectivity index (χ0v) is 17.7. The summed E-state index contributed by atoms with van der Waals surface area (Å²) in [5.41, 5.74) is 2.70. The lowest BCUT2D eigenvalue weighted by Gasteiger charge is -2.10. The fourth-order valence-corrected chi connectivity index (χ4v) is 3.35. The Morgan fingerprint density at radius 2 is 2.00 bits per heavy atom. The van der Waals surface area contributed by atoms with E-state index in [-0.39, 0.29) is 15.7 Å². The van der Waals surface area contributed by atoms with Crippen LogP contribution >= 0.6 is 23.8 Å². The number of halogens is 2. The van der Waals surface area contributed by atoms with Gasteiger partial charge < -0.3 is 14.5 Å². The predicted molar refractivity (Wildman–Crippen MR) is 121 cm³/mol. The minimum absolute atomic E-state index is 0.00520. The molecule has 31 heavy (non-hydrogen) atoms. The number of ether oxygens (including phenoxy) is 1. The van der Waals surface area contributed by atoms with Crippen molar-refractivity contribution in [2.75, 3.05) is 12.4 Å². The van der Waals surface area contributed by atoms with E-state index in [1.165, 1.54) is 6.07 Å². The number of carbonyl (C=O) groups excluding carboxylic acids is 1. The maximum absolute atomic E-state index is 13.2. The van der Waals surface area contributed by atoms with Crippen LogP contribution in [0.3, 0.4) is 0 Å². The molecule has 0 radical (unpaired) electrons. The van der Waals surface area contributed by atoms with Gasteiger partial charge in [-0.3, -0.25) is 10.1 Å². The first-order valence-electron chi connectivity index (χ1n) is 9.05. The molecule has 4 aromatic rings. The van der Waals surface area contributed by atoms with Crippen molar-refractivity contribution in [3.63, 3.8) is 0 Å². The Balaban J connectivity index is 1.49. The van der Waals surface area contributed by atoms with Crippen molar-refractivity contribution in [2.45, 2.75) is 0 Å². The summed E-state index contributed by atoms with van der Waals surface area (Å²) in [5, 5.41) is 5.48. The Kier molecular flexibility index (Phi) is 5.83. The summed E-state index contributed by atoms with van der Waals surface area (Å²) in [7, 11) is 1.59. The van der Waals surface area contributed by atoms with Gasteiger partial charge in [-0.2, -0.15) is 0 Å². The molecule has 0 aliphatic rings. The van der Waals surface area contributed by atoms with E-state index in [0.717, 1.165) is 17.7 Å². The number of rotatable bonds is 4. The van der Waals surface area contributed by atoms with Crippen molar-refractivity contribution < 1.29 is 18.3 Å². The minimum Gasteiger partial charge on any atom is -0.497 e. The van der Waals surface area contributed by atoms with Crippen LogP contribution in [0.5, 0.6) is 5.75 Å². The Hall–Kier alpha value is -3.49. The fraction of sp³-hybridized carbons (Fsp3) is 0.0455. The molecule has 3 aromatic carbocycles. The number of nitrogens with zero attached hydrogens (tertiary/aromatic N) is 1. The van der Waals surface area contributed by atoms with E-state index in [0.29, 0.717) is 28.4 Å². The van der Waals surface area contributed by atoms with Gasteiger partial charge in [0.2, 0.25) is 5.89 Å². The Morgan fingerprint density at radius 3 is 2.77 bits per heavy atom. The molecule has 4 rings (SSSR count). The number of nitrogens with one attached hydrogen (secondary N) is 2. The number of benzene rings is 3.